The van der Waals surface area contributed by atoms with Crippen molar-refractivity contribution in [3.63, 3.8) is 0 Å². The van der Waals surface area contributed by atoms with Crippen LogP contribution in [0.2, 0.25) is 0 Å². The summed E-state index contributed by atoms with van der Waals surface area (Å²) in [6, 6.07) is 0. The number of rotatable bonds is 10. The molecule has 0 fully saturated rings. The number of hydrogen-bond acceptors (Lipinski definition) is 5. The SMILES string of the molecule is C=CCC(O)C(O)COC(=O)CCCCCN. The molecule has 17 heavy (non-hydrogen) atoms. The van der Waals surface area contributed by atoms with Gasteiger partial charge in [-0.1, -0.05) is 12.5 Å². The molecular formula is C12H23NO4. The topological polar surface area (TPSA) is 92.8 Å². The lowest BCUT2D eigenvalue weighted by molar-refractivity contribution is -0.149. The maximum absolute atomic E-state index is 11.2. The summed E-state index contributed by atoms with van der Waals surface area (Å²) in [6.45, 7) is 3.90. The van der Waals surface area contributed by atoms with E-state index in [2.05, 4.69) is 6.58 Å². The first-order valence-corrected chi connectivity index (χ1v) is 5.94. The molecule has 0 aromatic heterocycles. The van der Waals surface area contributed by atoms with E-state index in [-0.39, 0.29) is 19.0 Å². The molecular weight excluding hydrogens is 222 g/mol. The molecule has 0 bridgehead atoms. The van der Waals surface area contributed by atoms with E-state index in [1.165, 1.54) is 6.08 Å². The number of carbonyl (C=O) groups is 1. The summed E-state index contributed by atoms with van der Waals surface area (Å²) in [6.07, 6.45) is 2.64. The molecule has 0 spiro atoms. The van der Waals surface area contributed by atoms with Crippen LogP contribution >= 0.6 is 0 Å². The van der Waals surface area contributed by atoms with Gasteiger partial charge < -0.3 is 20.7 Å². The molecule has 0 aliphatic heterocycles. The first-order chi connectivity index (χ1) is 8.11. The second kappa shape index (κ2) is 10.3. The monoisotopic (exact) mass is 245 g/mol. The molecule has 0 radical (unpaired) electrons. The van der Waals surface area contributed by atoms with Crippen molar-refractivity contribution >= 4 is 5.97 Å². The first kappa shape index (κ1) is 16.1. The van der Waals surface area contributed by atoms with E-state index in [1.54, 1.807) is 0 Å². The van der Waals surface area contributed by atoms with Crippen LogP contribution in [-0.2, 0) is 9.53 Å². The number of nitrogens with two attached hydrogens (primary N) is 1. The Balaban J connectivity index is 3.58. The van der Waals surface area contributed by atoms with Crippen molar-refractivity contribution in [1.82, 2.24) is 0 Å². The predicted octanol–water partition coefficient (Wildman–Crippen LogP) is 0.347. The van der Waals surface area contributed by atoms with E-state index in [9.17, 15) is 15.0 Å². The van der Waals surface area contributed by atoms with E-state index in [1.807, 2.05) is 0 Å². The van der Waals surface area contributed by atoms with Gasteiger partial charge in [-0.2, -0.15) is 0 Å². The smallest absolute Gasteiger partial charge is 0.305 e. The molecule has 5 nitrogen and oxygen atoms in total. The van der Waals surface area contributed by atoms with Gasteiger partial charge in [0.15, 0.2) is 0 Å². The molecule has 0 aromatic carbocycles. The summed E-state index contributed by atoms with van der Waals surface area (Å²) in [5.41, 5.74) is 5.32. The van der Waals surface area contributed by atoms with E-state index in [0.29, 0.717) is 13.0 Å². The van der Waals surface area contributed by atoms with E-state index in [0.717, 1.165) is 19.3 Å². The molecule has 0 aromatic rings. The van der Waals surface area contributed by atoms with Gasteiger partial charge in [-0.3, -0.25) is 4.79 Å². The highest BCUT2D eigenvalue weighted by atomic mass is 16.5. The number of aliphatic hydroxyl groups excluding tert-OH is 2. The number of hydrogen-bond donors (Lipinski definition) is 3. The van der Waals surface area contributed by atoms with Crippen molar-refractivity contribution in [2.24, 2.45) is 5.73 Å². The van der Waals surface area contributed by atoms with Gasteiger partial charge in [0.25, 0.3) is 0 Å². The molecule has 2 unspecified atom stereocenters. The van der Waals surface area contributed by atoms with Gasteiger partial charge in [0.1, 0.15) is 12.7 Å². The average Bonchev–Trinajstić information content (AvgIpc) is 2.32. The molecule has 0 amide bonds. The third-order valence-corrected chi connectivity index (χ3v) is 2.35. The number of unbranched alkanes of at least 4 members (excludes halogenated alkanes) is 2. The Hall–Kier alpha value is -0.910. The van der Waals surface area contributed by atoms with Gasteiger partial charge in [0.05, 0.1) is 6.10 Å². The van der Waals surface area contributed by atoms with Crippen molar-refractivity contribution < 1.29 is 19.7 Å². The minimum Gasteiger partial charge on any atom is -0.463 e. The van der Waals surface area contributed by atoms with Gasteiger partial charge in [-0.15, -0.1) is 6.58 Å². The zero-order valence-electron chi connectivity index (χ0n) is 10.2. The van der Waals surface area contributed by atoms with E-state index in [4.69, 9.17) is 10.5 Å². The minimum absolute atomic E-state index is 0.176. The van der Waals surface area contributed by atoms with Gasteiger partial charge in [-0.25, -0.2) is 0 Å². The van der Waals surface area contributed by atoms with Crippen LogP contribution in [0.3, 0.4) is 0 Å². The molecule has 0 saturated heterocycles. The second-order valence-corrected chi connectivity index (χ2v) is 3.94. The van der Waals surface area contributed by atoms with Gasteiger partial charge in [0.2, 0.25) is 0 Å². The minimum atomic E-state index is -1.05. The van der Waals surface area contributed by atoms with Crippen LogP contribution in [-0.4, -0.2) is 41.5 Å². The Morgan fingerprint density at radius 1 is 1.29 bits per heavy atom. The van der Waals surface area contributed by atoms with E-state index >= 15 is 0 Å². The molecule has 100 valence electrons. The molecule has 0 aliphatic carbocycles. The Morgan fingerprint density at radius 3 is 2.59 bits per heavy atom. The van der Waals surface area contributed by atoms with Gasteiger partial charge >= 0.3 is 5.97 Å². The zero-order valence-corrected chi connectivity index (χ0v) is 10.2. The highest BCUT2D eigenvalue weighted by molar-refractivity contribution is 5.69. The fraction of sp³-hybridized carbons (Fsp3) is 0.750. The standard InChI is InChI=1S/C12H23NO4/c1-2-6-10(14)11(15)9-17-12(16)7-4-3-5-8-13/h2,10-11,14-15H,1,3-9,13H2. The largest absolute Gasteiger partial charge is 0.463 e. The Bertz CT molecular complexity index is 221. The molecule has 0 saturated carbocycles. The van der Waals surface area contributed by atoms with Crippen LogP contribution in [0.5, 0.6) is 0 Å². The third-order valence-electron chi connectivity index (χ3n) is 2.35. The molecule has 0 rings (SSSR count). The highest BCUT2D eigenvalue weighted by Gasteiger charge is 2.16. The summed E-state index contributed by atoms with van der Waals surface area (Å²) in [5.74, 6) is -0.355. The summed E-state index contributed by atoms with van der Waals surface area (Å²) < 4.78 is 4.84. The Labute approximate surface area is 102 Å². The lowest BCUT2D eigenvalue weighted by Crippen LogP contribution is -2.31. The fourth-order valence-electron chi connectivity index (χ4n) is 1.28. The van der Waals surface area contributed by atoms with Crippen molar-refractivity contribution in [3.8, 4) is 0 Å². The highest BCUT2D eigenvalue weighted by Crippen LogP contribution is 2.03. The fourth-order valence-corrected chi connectivity index (χ4v) is 1.28. The van der Waals surface area contributed by atoms with Crippen LogP contribution in [0.15, 0.2) is 12.7 Å². The van der Waals surface area contributed by atoms with Crippen LogP contribution in [0.4, 0.5) is 0 Å². The maximum Gasteiger partial charge on any atom is 0.305 e. The molecule has 0 heterocycles. The quantitative estimate of drug-likeness (QED) is 0.293. The molecule has 2 atom stereocenters. The van der Waals surface area contributed by atoms with Gasteiger partial charge in [0, 0.05) is 6.42 Å². The van der Waals surface area contributed by atoms with Crippen molar-refractivity contribution in [2.45, 2.75) is 44.3 Å². The van der Waals surface area contributed by atoms with Crippen molar-refractivity contribution in [1.29, 1.82) is 0 Å². The van der Waals surface area contributed by atoms with Crippen LogP contribution in [0.25, 0.3) is 0 Å². The second-order valence-electron chi connectivity index (χ2n) is 3.94. The summed E-state index contributed by atoms with van der Waals surface area (Å²) in [5, 5.41) is 18.8. The first-order valence-electron chi connectivity index (χ1n) is 5.94. The summed E-state index contributed by atoms with van der Waals surface area (Å²) in [4.78, 5) is 11.2. The molecule has 0 aliphatic rings. The molecule has 4 N–H and O–H groups in total. The van der Waals surface area contributed by atoms with E-state index < -0.39 is 12.2 Å². The Kier molecular flexibility index (Phi) is 9.71. The number of aliphatic hydroxyl groups is 2. The molecule has 5 heteroatoms. The van der Waals surface area contributed by atoms with Crippen LogP contribution < -0.4 is 5.73 Å². The van der Waals surface area contributed by atoms with Crippen molar-refractivity contribution in [2.75, 3.05) is 13.2 Å². The lowest BCUT2D eigenvalue weighted by Gasteiger charge is -2.16. The number of esters is 1. The third kappa shape index (κ3) is 8.85. The predicted molar refractivity (Wildman–Crippen MR) is 65.3 cm³/mol. The van der Waals surface area contributed by atoms with Gasteiger partial charge in [-0.05, 0) is 25.8 Å². The van der Waals surface area contributed by atoms with Crippen molar-refractivity contribution in [3.05, 3.63) is 12.7 Å². The number of ether oxygens (including phenoxy) is 1. The summed E-state index contributed by atoms with van der Waals surface area (Å²) in [7, 11) is 0. The van der Waals surface area contributed by atoms with Crippen LogP contribution in [0, 0.1) is 0 Å². The number of carbonyl (C=O) groups excluding carboxylic acids is 1. The summed E-state index contributed by atoms with van der Waals surface area (Å²) >= 11 is 0. The maximum atomic E-state index is 11.2. The zero-order chi connectivity index (χ0) is 13.1. The normalized spacial score (nSPS) is 14.1. The lowest BCUT2D eigenvalue weighted by atomic mass is 10.1. The average molecular weight is 245 g/mol. The van der Waals surface area contributed by atoms with Crippen LogP contribution in [0.1, 0.15) is 32.1 Å². The Morgan fingerprint density at radius 2 is 2.00 bits per heavy atom.